The minimum atomic E-state index is 0.636. The van der Waals surface area contributed by atoms with Crippen LogP contribution in [0.2, 0.25) is 0 Å². The van der Waals surface area contributed by atoms with Crippen LogP contribution in [0.15, 0.2) is 24.5 Å². The van der Waals surface area contributed by atoms with Crippen LogP contribution in [0, 0.1) is 0 Å². The highest BCUT2D eigenvalue weighted by Gasteiger charge is 1.98. The first kappa shape index (κ1) is 10.9. The molecule has 5 heteroatoms. The van der Waals surface area contributed by atoms with Crippen molar-refractivity contribution in [2.24, 2.45) is 0 Å². The molecule has 0 saturated heterocycles. The molecule has 0 aliphatic carbocycles. The Hall–Kier alpha value is -1.62. The van der Waals surface area contributed by atoms with E-state index in [-0.39, 0.29) is 0 Å². The van der Waals surface area contributed by atoms with Crippen LogP contribution < -0.4 is 10.1 Å². The molecule has 0 unspecified atom stereocenters. The predicted molar refractivity (Wildman–Crippen MR) is 61.6 cm³/mol. The number of fused-ring (bicyclic) bond motifs is 1. The van der Waals surface area contributed by atoms with Crippen molar-refractivity contribution in [3.05, 3.63) is 24.5 Å². The van der Waals surface area contributed by atoms with Gasteiger partial charge in [-0.2, -0.15) is 10.1 Å². The molecule has 0 amide bonds. The average Bonchev–Trinajstić information content (AvgIpc) is 2.76. The van der Waals surface area contributed by atoms with E-state index in [0.29, 0.717) is 12.5 Å². The van der Waals surface area contributed by atoms with E-state index in [1.54, 1.807) is 10.7 Å². The van der Waals surface area contributed by atoms with E-state index < -0.39 is 0 Å². The zero-order valence-electron chi connectivity index (χ0n) is 9.39. The van der Waals surface area contributed by atoms with E-state index in [1.165, 1.54) is 0 Å². The van der Waals surface area contributed by atoms with Gasteiger partial charge in [0.05, 0.1) is 6.20 Å². The number of nitrogens with zero attached hydrogens (tertiary/aromatic N) is 3. The number of nitrogens with one attached hydrogen (secondary N) is 1. The van der Waals surface area contributed by atoms with E-state index in [9.17, 15) is 0 Å². The van der Waals surface area contributed by atoms with Crippen LogP contribution in [0.25, 0.3) is 5.65 Å². The normalized spacial score (nSPS) is 10.8. The Balaban J connectivity index is 1.84. The summed E-state index contributed by atoms with van der Waals surface area (Å²) in [6, 6.07) is 3.67. The minimum Gasteiger partial charge on any atom is -0.476 e. The SMILES string of the molecule is CCCNCCOc1ccn2nccc2n1. The van der Waals surface area contributed by atoms with Gasteiger partial charge in [0, 0.05) is 24.9 Å². The molecule has 0 aliphatic rings. The van der Waals surface area contributed by atoms with Crippen molar-refractivity contribution in [2.45, 2.75) is 13.3 Å². The molecule has 2 rings (SSSR count). The molecule has 5 nitrogen and oxygen atoms in total. The van der Waals surface area contributed by atoms with Crippen molar-refractivity contribution in [3.8, 4) is 5.88 Å². The fourth-order valence-electron chi connectivity index (χ4n) is 1.41. The smallest absolute Gasteiger partial charge is 0.216 e. The van der Waals surface area contributed by atoms with Gasteiger partial charge >= 0.3 is 0 Å². The first-order valence-corrected chi connectivity index (χ1v) is 5.54. The maximum Gasteiger partial charge on any atom is 0.216 e. The van der Waals surface area contributed by atoms with Crippen molar-refractivity contribution in [3.63, 3.8) is 0 Å². The Morgan fingerprint density at radius 2 is 2.31 bits per heavy atom. The molecule has 0 saturated carbocycles. The molecule has 2 heterocycles. The molecule has 0 radical (unpaired) electrons. The summed E-state index contributed by atoms with van der Waals surface area (Å²) >= 11 is 0. The van der Waals surface area contributed by atoms with Gasteiger partial charge in [-0.1, -0.05) is 6.92 Å². The molecule has 16 heavy (non-hydrogen) atoms. The third-order valence-electron chi connectivity index (χ3n) is 2.19. The lowest BCUT2D eigenvalue weighted by molar-refractivity contribution is 0.303. The summed E-state index contributed by atoms with van der Waals surface area (Å²) in [5.74, 6) is 0.645. The van der Waals surface area contributed by atoms with Gasteiger partial charge in [0.1, 0.15) is 6.61 Å². The Morgan fingerprint density at radius 1 is 1.38 bits per heavy atom. The Morgan fingerprint density at radius 3 is 3.19 bits per heavy atom. The molecule has 0 spiro atoms. The van der Waals surface area contributed by atoms with Crippen LogP contribution >= 0.6 is 0 Å². The van der Waals surface area contributed by atoms with Gasteiger partial charge in [-0.3, -0.25) is 0 Å². The lowest BCUT2D eigenvalue weighted by atomic mass is 10.5. The summed E-state index contributed by atoms with van der Waals surface area (Å²) in [6.07, 6.45) is 4.70. The first-order valence-electron chi connectivity index (χ1n) is 5.54. The number of aromatic nitrogens is 3. The average molecular weight is 220 g/mol. The van der Waals surface area contributed by atoms with Gasteiger partial charge in [-0.25, -0.2) is 4.52 Å². The maximum atomic E-state index is 5.52. The third-order valence-corrected chi connectivity index (χ3v) is 2.19. The van der Waals surface area contributed by atoms with Gasteiger partial charge in [-0.05, 0) is 13.0 Å². The molecule has 0 aromatic carbocycles. The number of ether oxygens (including phenoxy) is 1. The zero-order chi connectivity index (χ0) is 11.2. The molecule has 2 aromatic heterocycles. The van der Waals surface area contributed by atoms with Crippen molar-refractivity contribution < 1.29 is 4.74 Å². The van der Waals surface area contributed by atoms with E-state index in [2.05, 4.69) is 22.3 Å². The maximum absolute atomic E-state index is 5.52. The Labute approximate surface area is 94.4 Å². The van der Waals surface area contributed by atoms with Crippen molar-refractivity contribution in [2.75, 3.05) is 19.7 Å². The summed E-state index contributed by atoms with van der Waals surface area (Å²) in [4.78, 5) is 4.30. The number of hydrogen-bond donors (Lipinski definition) is 1. The lowest BCUT2D eigenvalue weighted by Gasteiger charge is -2.05. The van der Waals surface area contributed by atoms with E-state index in [1.807, 2.05) is 18.3 Å². The van der Waals surface area contributed by atoms with E-state index in [4.69, 9.17) is 4.74 Å². The fraction of sp³-hybridized carbons (Fsp3) is 0.455. The third kappa shape index (κ3) is 2.70. The monoisotopic (exact) mass is 220 g/mol. The standard InChI is InChI=1S/C11H16N4O/c1-2-5-12-7-9-16-11-4-8-15-10(14-11)3-6-13-15/h3-4,6,8,12H,2,5,7,9H2,1H3. The molecule has 1 N–H and O–H groups in total. The van der Waals surface area contributed by atoms with Gasteiger partial charge < -0.3 is 10.1 Å². The van der Waals surface area contributed by atoms with E-state index >= 15 is 0 Å². The quantitative estimate of drug-likeness (QED) is 0.741. The Bertz CT molecular complexity index is 440. The van der Waals surface area contributed by atoms with E-state index in [0.717, 1.165) is 25.2 Å². The number of hydrogen-bond acceptors (Lipinski definition) is 4. The number of rotatable bonds is 6. The van der Waals surface area contributed by atoms with Crippen LogP contribution in [0.1, 0.15) is 13.3 Å². The highest BCUT2D eigenvalue weighted by atomic mass is 16.5. The summed E-state index contributed by atoms with van der Waals surface area (Å²) < 4.78 is 7.23. The fourth-order valence-corrected chi connectivity index (χ4v) is 1.41. The van der Waals surface area contributed by atoms with Crippen LogP contribution in [0.5, 0.6) is 5.88 Å². The topological polar surface area (TPSA) is 51.5 Å². The van der Waals surface area contributed by atoms with Crippen LogP contribution in [-0.2, 0) is 0 Å². The molecular weight excluding hydrogens is 204 g/mol. The lowest BCUT2D eigenvalue weighted by Crippen LogP contribution is -2.21. The van der Waals surface area contributed by atoms with Gasteiger partial charge in [-0.15, -0.1) is 0 Å². The minimum absolute atomic E-state index is 0.636. The predicted octanol–water partition coefficient (Wildman–Crippen LogP) is 1.11. The second kappa shape index (κ2) is 5.46. The first-order chi connectivity index (χ1) is 7.90. The molecule has 0 fully saturated rings. The zero-order valence-corrected chi connectivity index (χ0v) is 9.39. The largest absolute Gasteiger partial charge is 0.476 e. The second-order valence-electron chi connectivity index (χ2n) is 3.50. The van der Waals surface area contributed by atoms with Crippen LogP contribution in [-0.4, -0.2) is 34.3 Å². The molecular formula is C11H16N4O. The molecule has 2 aromatic rings. The van der Waals surface area contributed by atoms with Crippen molar-refractivity contribution in [1.29, 1.82) is 0 Å². The van der Waals surface area contributed by atoms with Gasteiger partial charge in [0.15, 0.2) is 5.65 Å². The molecule has 86 valence electrons. The summed E-state index contributed by atoms with van der Waals surface area (Å²) in [7, 11) is 0. The van der Waals surface area contributed by atoms with Crippen molar-refractivity contribution in [1.82, 2.24) is 19.9 Å². The van der Waals surface area contributed by atoms with Crippen LogP contribution in [0.3, 0.4) is 0 Å². The summed E-state index contributed by atoms with van der Waals surface area (Å²) in [5.41, 5.74) is 0.805. The van der Waals surface area contributed by atoms with Crippen molar-refractivity contribution >= 4 is 5.65 Å². The summed E-state index contributed by atoms with van der Waals surface area (Å²) in [5, 5.41) is 7.33. The highest BCUT2D eigenvalue weighted by Crippen LogP contribution is 2.07. The van der Waals surface area contributed by atoms with Gasteiger partial charge in [0.2, 0.25) is 5.88 Å². The molecule has 0 bridgehead atoms. The Kier molecular flexibility index (Phi) is 3.71. The van der Waals surface area contributed by atoms with Crippen LogP contribution in [0.4, 0.5) is 0 Å². The molecule has 0 atom stereocenters. The summed E-state index contributed by atoms with van der Waals surface area (Å²) in [6.45, 7) is 4.65. The second-order valence-corrected chi connectivity index (χ2v) is 3.50. The van der Waals surface area contributed by atoms with Gasteiger partial charge in [0.25, 0.3) is 0 Å². The molecule has 0 aliphatic heterocycles. The highest BCUT2D eigenvalue weighted by molar-refractivity contribution is 5.37.